The van der Waals surface area contributed by atoms with Crippen LogP contribution in [0.1, 0.15) is 30.9 Å². The Hall–Kier alpha value is -3.89. The predicted molar refractivity (Wildman–Crippen MR) is 135 cm³/mol. The minimum atomic E-state index is -2.29. The summed E-state index contributed by atoms with van der Waals surface area (Å²) in [4.78, 5) is 59.7. The molecule has 0 heterocycles. The molecule has 0 fully saturated rings. The number of nitrogens with one attached hydrogen (secondary N) is 3. The van der Waals surface area contributed by atoms with Gasteiger partial charge >= 0.3 is 5.97 Å². The SMILES string of the molecule is C=CC[C@H](NC(=O)[C@@H](N)CC(N)=O)C(=O)N[C@@H](CO)[C@@H](O)[C@@H](O)[C@H](O)C(=O)N[C@@H](CC(=O)O)c1ccccc1. The van der Waals surface area contributed by atoms with Crippen molar-refractivity contribution in [2.24, 2.45) is 11.5 Å². The van der Waals surface area contributed by atoms with Crippen molar-refractivity contribution >= 4 is 29.6 Å². The van der Waals surface area contributed by atoms with Crippen LogP contribution in [0.3, 0.4) is 0 Å². The first-order chi connectivity index (χ1) is 18.3. The number of carboxylic acids is 1. The van der Waals surface area contributed by atoms with Gasteiger partial charge in [0.2, 0.25) is 17.7 Å². The van der Waals surface area contributed by atoms with Gasteiger partial charge in [0.15, 0.2) is 6.10 Å². The molecule has 12 N–H and O–H groups in total. The molecule has 0 spiro atoms. The average Bonchev–Trinajstić information content (AvgIpc) is 2.89. The van der Waals surface area contributed by atoms with Crippen molar-refractivity contribution < 1.29 is 49.5 Å². The molecular formula is C24H35N5O10. The summed E-state index contributed by atoms with van der Waals surface area (Å²) in [5.74, 6) is -5.16. The van der Waals surface area contributed by atoms with Crippen LogP contribution in [-0.4, -0.2) is 98.2 Å². The zero-order valence-corrected chi connectivity index (χ0v) is 21.0. The molecular weight excluding hydrogens is 518 g/mol. The van der Waals surface area contributed by atoms with Crippen LogP contribution in [0.5, 0.6) is 0 Å². The number of aliphatic hydroxyl groups excluding tert-OH is 4. The molecule has 7 atom stereocenters. The Balaban J connectivity index is 2.91. The first-order valence-corrected chi connectivity index (χ1v) is 11.8. The number of nitrogens with two attached hydrogens (primary N) is 2. The first-order valence-electron chi connectivity index (χ1n) is 11.8. The number of benzene rings is 1. The van der Waals surface area contributed by atoms with Gasteiger partial charge in [-0.25, -0.2) is 0 Å². The second-order valence-corrected chi connectivity index (χ2v) is 8.66. The normalized spacial score (nSPS) is 16.3. The molecule has 1 aromatic carbocycles. The monoisotopic (exact) mass is 553 g/mol. The van der Waals surface area contributed by atoms with E-state index in [0.717, 1.165) is 0 Å². The van der Waals surface area contributed by atoms with Crippen LogP contribution in [0.15, 0.2) is 43.0 Å². The number of hydrogen-bond acceptors (Lipinski definition) is 10. The van der Waals surface area contributed by atoms with Gasteiger partial charge in [0.1, 0.15) is 18.2 Å². The smallest absolute Gasteiger partial charge is 0.305 e. The van der Waals surface area contributed by atoms with Gasteiger partial charge < -0.3 is 53.0 Å². The summed E-state index contributed by atoms with van der Waals surface area (Å²) >= 11 is 0. The summed E-state index contributed by atoms with van der Waals surface area (Å²) in [5, 5.41) is 56.8. The third-order valence-corrected chi connectivity index (χ3v) is 5.57. The molecule has 0 saturated heterocycles. The predicted octanol–water partition coefficient (Wildman–Crippen LogP) is -3.86. The minimum absolute atomic E-state index is 0.132. The largest absolute Gasteiger partial charge is 0.481 e. The lowest BCUT2D eigenvalue weighted by Crippen LogP contribution is -2.59. The second kappa shape index (κ2) is 16.2. The van der Waals surface area contributed by atoms with Crippen LogP contribution in [0.2, 0.25) is 0 Å². The molecule has 4 amide bonds. The average molecular weight is 554 g/mol. The Bertz CT molecular complexity index is 1010. The molecule has 15 heteroatoms. The number of aliphatic hydroxyl groups is 4. The van der Waals surface area contributed by atoms with E-state index >= 15 is 0 Å². The van der Waals surface area contributed by atoms with Gasteiger partial charge in [-0.1, -0.05) is 36.4 Å². The maximum atomic E-state index is 12.7. The summed E-state index contributed by atoms with van der Waals surface area (Å²) in [6, 6.07) is 2.60. The molecule has 15 nitrogen and oxygen atoms in total. The number of carbonyl (C=O) groups excluding carboxylic acids is 4. The highest BCUT2D eigenvalue weighted by atomic mass is 16.4. The second-order valence-electron chi connectivity index (χ2n) is 8.66. The number of primary amides is 1. The van der Waals surface area contributed by atoms with E-state index in [1.807, 2.05) is 0 Å². The summed E-state index contributed by atoms with van der Waals surface area (Å²) in [6.07, 6.45) is -6.51. The fraction of sp³-hybridized carbons (Fsp3) is 0.458. The third kappa shape index (κ3) is 10.8. The molecule has 0 aliphatic heterocycles. The van der Waals surface area contributed by atoms with Gasteiger partial charge in [0.05, 0.1) is 37.6 Å². The van der Waals surface area contributed by atoms with Crippen LogP contribution >= 0.6 is 0 Å². The van der Waals surface area contributed by atoms with E-state index in [4.69, 9.17) is 16.6 Å². The molecule has 0 bridgehead atoms. The molecule has 0 aromatic heterocycles. The molecule has 1 aromatic rings. The lowest BCUT2D eigenvalue weighted by atomic mass is 9.98. The van der Waals surface area contributed by atoms with Gasteiger partial charge in [-0.15, -0.1) is 6.58 Å². The Kier molecular flexibility index (Phi) is 13.7. The summed E-state index contributed by atoms with van der Waals surface area (Å²) in [7, 11) is 0. The van der Waals surface area contributed by atoms with Crippen molar-refractivity contribution in [1.82, 2.24) is 16.0 Å². The van der Waals surface area contributed by atoms with Crippen LogP contribution in [0, 0.1) is 0 Å². The molecule has 0 unspecified atom stereocenters. The summed E-state index contributed by atoms with van der Waals surface area (Å²) in [5.41, 5.74) is 11.0. The number of aliphatic carboxylic acids is 1. The standard InChI is InChI=1S/C24H35N5O10/c1-2-6-14(27-22(37)13(25)9-17(26)31)23(38)29-16(11-30)19(34)20(35)21(36)24(39)28-15(10-18(32)33)12-7-4-3-5-8-12/h2-5,7-8,13-16,19-21,30,34-36H,1,6,9-11,25H2,(H2,26,31)(H,27,37)(H,28,39)(H,29,38)(H,32,33)/t13-,14-,15-,16-,19+,20+,21-/m0/s1. The maximum Gasteiger partial charge on any atom is 0.305 e. The molecule has 0 aliphatic rings. The van der Waals surface area contributed by atoms with E-state index in [0.29, 0.717) is 5.56 Å². The van der Waals surface area contributed by atoms with E-state index in [-0.39, 0.29) is 6.42 Å². The van der Waals surface area contributed by atoms with E-state index < -0.39 is 91.5 Å². The van der Waals surface area contributed by atoms with Crippen molar-refractivity contribution in [1.29, 1.82) is 0 Å². The Morgan fingerprint density at radius 2 is 1.51 bits per heavy atom. The van der Waals surface area contributed by atoms with Crippen molar-refractivity contribution in [3.63, 3.8) is 0 Å². The number of carboxylic acid groups (broad SMARTS) is 1. The third-order valence-electron chi connectivity index (χ3n) is 5.57. The van der Waals surface area contributed by atoms with Crippen molar-refractivity contribution in [2.45, 2.75) is 61.7 Å². The Morgan fingerprint density at radius 3 is 2.03 bits per heavy atom. The van der Waals surface area contributed by atoms with E-state index in [2.05, 4.69) is 22.5 Å². The minimum Gasteiger partial charge on any atom is -0.481 e. The Labute approximate surface area is 223 Å². The van der Waals surface area contributed by atoms with Crippen molar-refractivity contribution in [3.8, 4) is 0 Å². The molecule has 0 saturated carbocycles. The van der Waals surface area contributed by atoms with E-state index in [9.17, 15) is 44.4 Å². The van der Waals surface area contributed by atoms with Crippen LogP contribution < -0.4 is 27.4 Å². The highest BCUT2D eigenvalue weighted by Crippen LogP contribution is 2.17. The van der Waals surface area contributed by atoms with Crippen molar-refractivity contribution in [3.05, 3.63) is 48.6 Å². The van der Waals surface area contributed by atoms with Crippen LogP contribution in [0.25, 0.3) is 0 Å². The fourth-order valence-electron chi connectivity index (χ4n) is 3.46. The molecule has 39 heavy (non-hydrogen) atoms. The van der Waals surface area contributed by atoms with Gasteiger partial charge in [0.25, 0.3) is 5.91 Å². The number of amides is 4. The number of carbonyl (C=O) groups is 5. The summed E-state index contributed by atoms with van der Waals surface area (Å²) in [6.45, 7) is 2.50. The molecule has 0 radical (unpaired) electrons. The lowest BCUT2D eigenvalue weighted by Gasteiger charge is -2.30. The fourth-order valence-corrected chi connectivity index (χ4v) is 3.46. The maximum absolute atomic E-state index is 12.7. The first kappa shape index (κ1) is 33.1. The Morgan fingerprint density at radius 1 is 0.897 bits per heavy atom. The molecule has 216 valence electrons. The number of hydrogen-bond donors (Lipinski definition) is 10. The van der Waals surface area contributed by atoms with Gasteiger partial charge in [-0.05, 0) is 12.0 Å². The van der Waals surface area contributed by atoms with Gasteiger partial charge in [-0.2, -0.15) is 0 Å². The van der Waals surface area contributed by atoms with Gasteiger partial charge in [0, 0.05) is 0 Å². The quantitative estimate of drug-likeness (QED) is 0.0833. The highest BCUT2D eigenvalue weighted by molar-refractivity contribution is 5.92. The van der Waals surface area contributed by atoms with Crippen LogP contribution in [0.4, 0.5) is 0 Å². The van der Waals surface area contributed by atoms with Gasteiger partial charge in [-0.3, -0.25) is 24.0 Å². The van der Waals surface area contributed by atoms with E-state index in [1.54, 1.807) is 30.3 Å². The summed E-state index contributed by atoms with van der Waals surface area (Å²) < 4.78 is 0. The zero-order chi connectivity index (χ0) is 29.7. The van der Waals surface area contributed by atoms with Crippen LogP contribution in [-0.2, 0) is 24.0 Å². The highest BCUT2D eigenvalue weighted by Gasteiger charge is 2.37. The zero-order valence-electron chi connectivity index (χ0n) is 21.0. The van der Waals surface area contributed by atoms with E-state index in [1.165, 1.54) is 6.08 Å². The molecule has 1 rings (SSSR count). The number of rotatable bonds is 17. The molecule has 0 aliphatic carbocycles. The topological polar surface area (TPSA) is 275 Å². The lowest BCUT2D eigenvalue weighted by molar-refractivity contribution is -0.145. The van der Waals surface area contributed by atoms with Crippen molar-refractivity contribution in [2.75, 3.05) is 6.61 Å².